The lowest BCUT2D eigenvalue weighted by Gasteiger charge is -2.15. The van der Waals surface area contributed by atoms with Gasteiger partial charge < -0.3 is 9.88 Å². The summed E-state index contributed by atoms with van der Waals surface area (Å²) in [7, 11) is -3.45. The third-order valence-corrected chi connectivity index (χ3v) is 6.87. The number of hydrogen-bond acceptors (Lipinski definition) is 4. The fourth-order valence-electron chi connectivity index (χ4n) is 3.34. The number of sulfonamides is 1. The molecule has 1 fully saturated rings. The van der Waals surface area contributed by atoms with E-state index in [0.29, 0.717) is 30.9 Å². The molecule has 150 valence electrons. The number of nitrogens with one attached hydrogen (secondary N) is 1. The van der Waals surface area contributed by atoms with Crippen molar-refractivity contribution in [1.29, 1.82) is 0 Å². The second-order valence-electron chi connectivity index (χ2n) is 7.02. The van der Waals surface area contributed by atoms with Crippen LogP contribution in [0.5, 0.6) is 0 Å². The third kappa shape index (κ3) is 4.38. The molecule has 0 saturated carbocycles. The minimum Gasteiger partial charge on any atom is -0.333 e. The minimum atomic E-state index is -3.45. The molecule has 2 aromatic carbocycles. The van der Waals surface area contributed by atoms with Crippen molar-refractivity contribution in [3.8, 4) is 0 Å². The van der Waals surface area contributed by atoms with Crippen LogP contribution in [0.2, 0.25) is 0 Å². The largest absolute Gasteiger partial charge is 0.333 e. The quantitative estimate of drug-likeness (QED) is 0.677. The predicted octanol–water partition coefficient (Wildman–Crippen LogP) is 2.97. The lowest BCUT2D eigenvalue weighted by Crippen LogP contribution is -2.27. The SMILES string of the molecule is O=C(Nc1ccc(S(=O)(=O)N2CCCC2)cc1)c1ccc(Cn2ccnc2)cc1. The number of benzene rings is 2. The number of rotatable bonds is 6. The molecule has 7 nitrogen and oxygen atoms in total. The summed E-state index contributed by atoms with van der Waals surface area (Å²) in [5.41, 5.74) is 2.15. The number of aromatic nitrogens is 2. The van der Waals surface area contributed by atoms with Crippen LogP contribution in [-0.2, 0) is 16.6 Å². The van der Waals surface area contributed by atoms with Gasteiger partial charge in [0.2, 0.25) is 10.0 Å². The topological polar surface area (TPSA) is 84.3 Å². The number of imidazole rings is 1. The number of amides is 1. The molecule has 2 heterocycles. The van der Waals surface area contributed by atoms with Crippen molar-refractivity contribution < 1.29 is 13.2 Å². The van der Waals surface area contributed by atoms with Gasteiger partial charge in [-0.3, -0.25) is 4.79 Å². The summed E-state index contributed by atoms with van der Waals surface area (Å²) < 4.78 is 28.6. The van der Waals surface area contributed by atoms with Gasteiger partial charge in [-0.05, 0) is 54.8 Å². The zero-order valence-electron chi connectivity index (χ0n) is 15.9. The highest BCUT2D eigenvalue weighted by Crippen LogP contribution is 2.22. The van der Waals surface area contributed by atoms with Crippen LogP contribution in [0.4, 0.5) is 5.69 Å². The van der Waals surface area contributed by atoms with Crippen LogP contribution in [0.25, 0.3) is 0 Å². The highest BCUT2D eigenvalue weighted by molar-refractivity contribution is 7.89. The van der Waals surface area contributed by atoms with Crippen LogP contribution < -0.4 is 5.32 Å². The first kappa shape index (κ1) is 19.4. The Bertz CT molecular complexity index is 1070. The van der Waals surface area contributed by atoms with Gasteiger partial charge in [-0.2, -0.15) is 4.31 Å². The molecular weight excluding hydrogens is 388 g/mol. The van der Waals surface area contributed by atoms with Crippen LogP contribution in [0, 0.1) is 0 Å². The molecule has 4 rings (SSSR count). The van der Waals surface area contributed by atoms with Gasteiger partial charge in [-0.25, -0.2) is 13.4 Å². The van der Waals surface area contributed by atoms with Crippen molar-refractivity contribution >= 4 is 21.6 Å². The standard InChI is InChI=1S/C21H22N4O3S/c26-21(18-5-3-17(4-6-18)15-24-14-11-22-16-24)23-19-7-9-20(10-8-19)29(27,28)25-12-1-2-13-25/h3-11,14,16H,1-2,12-13,15H2,(H,23,26). The van der Waals surface area contributed by atoms with Gasteiger partial charge >= 0.3 is 0 Å². The Morgan fingerprint density at radius 1 is 1.00 bits per heavy atom. The minimum absolute atomic E-state index is 0.241. The van der Waals surface area contributed by atoms with E-state index in [-0.39, 0.29) is 10.8 Å². The first-order valence-electron chi connectivity index (χ1n) is 9.49. The van der Waals surface area contributed by atoms with E-state index in [4.69, 9.17) is 0 Å². The normalized spacial score (nSPS) is 14.8. The average molecular weight is 410 g/mol. The van der Waals surface area contributed by atoms with Crippen molar-refractivity contribution in [2.45, 2.75) is 24.3 Å². The molecule has 0 radical (unpaired) electrons. The molecule has 1 aliphatic rings. The maximum atomic E-state index is 12.6. The fourth-order valence-corrected chi connectivity index (χ4v) is 4.86. The van der Waals surface area contributed by atoms with Crippen LogP contribution in [-0.4, -0.2) is 41.3 Å². The van der Waals surface area contributed by atoms with E-state index < -0.39 is 10.0 Å². The lowest BCUT2D eigenvalue weighted by atomic mass is 10.1. The van der Waals surface area contributed by atoms with E-state index >= 15 is 0 Å². The Morgan fingerprint density at radius 2 is 1.69 bits per heavy atom. The molecule has 1 amide bonds. The van der Waals surface area contributed by atoms with Gasteiger partial charge in [0.1, 0.15) is 0 Å². The van der Waals surface area contributed by atoms with E-state index in [0.717, 1.165) is 18.4 Å². The van der Waals surface area contributed by atoms with E-state index in [1.165, 1.54) is 16.4 Å². The molecule has 29 heavy (non-hydrogen) atoms. The summed E-state index contributed by atoms with van der Waals surface area (Å²) in [5, 5.41) is 2.81. The summed E-state index contributed by atoms with van der Waals surface area (Å²) in [6, 6.07) is 13.7. The molecular formula is C21H22N4O3S. The molecule has 1 N–H and O–H groups in total. The molecule has 0 unspecified atom stereocenters. The maximum Gasteiger partial charge on any atom is 0.255 e. The van der Waals surface area contributed by atoms with Crippen molar-refractivity contribution in [2.24, 2.45) is 0 Å². The van der Waals surface area contributed by atoms with Crippen molar-refractivity contribution in [2.75, 3.05) is 18.4 Å². The van der Waals surface area contributed by atoms with E-state index in [1.807, 2.05) is 22.9 Å². The first-order valence-corrected chi connectivity index (χ1v) is 10.9. The van der Waals surface area contributed by atoms with Gasteiger partial charge in [-0.15, -0.1) is 0 Å². The molecule has 0 aliphatic carbocycles. The number of nitrogens with zero attached hydrogens (tertiary/aromatic N) is 3. The summed E-state index contributed by atoms with van der Waals surface area (Å²) in [5.74, 6) is -0.241. The Kier molecular flexibility index (Phi) is 5.46. The highest BCUT2D eigenvalue weighted by atomic mass is 32.2. The second kappa shape index (κ2) is 8.18. The summed E-state index contributed by atoms with van der Waals surface area (Å²) >= 11 is 0. The maximum absolute atomic E-state index is 12.6. The van der Waals surface area contributed by atoms with Gasteiger partial charge in [-0.1, -0.05) is 12.1 Å². The molecule has 0 bridgehead atoms. The zero-order chi connectivity index (χ0) is 20.3. The summed E-state index contributed by atoms with van der Waals surface area (Å²) in [6.07, 6.45) is 7.15. The van der Waals surface area contributed by atoms with Crippen LogP contribution in [0.3, 0.4) is 0 Å². The number of carbonyl (C=O) groups excluding carboxylic acids is 1. The fraction of sp³-hybridized carbons (Fsp3) is 0.238. The Balaban J connectivity index is 1.40. The highest BCUT2D eigenvalue weighted by Gasteiger charge is 2.26. The van der Waals surface area contributed by atoms with Crippen LogP contribution in [0.1, 0.15) is 28.8 Å². The molecule has 1 saturated heterocycles. The number of anilines is 1. The number of carbonyl (C=O) groups is 1. The first-order chi connectivity index (χ1) is 14.0. The summed E-state index contributed by atoms with van der Waals surface area (Å²) in [4.78, 5) is 16.7. The van der Waals surface area contributed by atoms with Gasteiger partial charge in [0.25, 0.3) is 5.91 Å². The van der Waals surface area contributed by atoms with E-state index in [1.54, 1.807) is 36.8 Å². The molecule has 0 atom stereocenters. The Hall–Kier alpha value is -2.97. The monoisotopic (exact) mass is 410 g/mol. The predicted molar refractivity (Wildman–Crippen MR) is 110 cm³/mol. The van der Waals surface area contributed by atoms with Crippen molar-refractivity contribution in [1.82, 2.24) is 13.9 Å². The number of hydrogen-bond donors (Lipinski definition) is 1. The Labute approximate surface area is 170 Å². The van der Waals surface area contributed by atoms with Gasteiger partial charge in [0, 0.05) is 43.3 Å². The molecule has 3 aromatic rings. The van der Waals surface area contributed by atoms with Gasteiger partial charge in [0.15, 0.2) is 0 Å². The van der Waals surface area contributed by atoms with Crippen LogP contribution >= 0.6 is 0 Å². The van der Waals surface area contributed by atoms with Crippen LogP contribution in [0.15, 0.2) is 72.1 Å². The van der Waals surface area contributed by atoms with E-state index in [2.05, 4.69) is 10.3 Å². The second-order valence-corrected chi connectivity index (χ2v) is 8.96. The lowest BCUT2D eigenvalue weighted by molar-refractivity contribution is 0.102. The summed E-state index contributed by atoms with van der Waals surface area (Å²) in [6.45, 7) is 1.82. The molecule has 0 spiro atoms. The smallest absolute Gasteiger partial charge is 0.255 e. The third-order valence-electron chi connectivity index (χ3n) is 4.96. The van der Waals surface area contributed by atoms with Gasteiger partial charge in [0.05, 0.1) is 11.2 Å². The zero-order valence-corrected chi connectivity index (χ0v) is 16.7. The van der Waals surface area contributed by atoms with Crippen molar-refractivity contribution in [3.05, 3.63) is 78.4 Å². The Morgan fingerprint density at radius 3 is 2.31 bits per heavy atom. The van der Waals surface area contributed by atoms with E-state index in [9.17, 15) is 13.2 Å². The average Bonchev–Trinajstić information content (AvgIpc) is 3.43. The molecule has 1 aromatic heterocycles. The molecule has 8 heteroatoms. The molecule has 1 aliphatic heterocycles. The van der Waals surface area contributed by atoms with Crippen molar-refractivity contribution in [3.63, 3.8) is 0 Å².